The molecule has 1 N–H and O–H groups in total. The van der Waals surface area contributed by atoms with E-state index >= 15 is 0 Å². The van der Waals surface area contributed by atoms with Crippen molar-refractivity contribution in [3.05, 3.63) is 23.5 Å². The van der Waals surface area contributed by atoms with Gasteiger partial charge in [-0.3, -0.25) is 4.79 Å². The van der Waals surface area contributed by atoms with Crippen LogP contribution in [0.1, 0.15) is 49.2 Å². The van der Waals surface area contributed by atoms with E-state index in [-0.39, 0.29) is 11.7 Å². The number of aromatic nitrogens is 1. The minimum absolute atomic E-state index is 0.111. The van der Waals surface area contributed by atoms with Crippen molar-refractivity contribution < 1.29 is 14.7 Å². The molecule has 0 aliphatic rings. The number of carboxylic acid groups (broad SMARTS) is 1. The molecular weight excluding hydrogens is 206 g/mol. The molecule has 16 heavy (non-hydrogen) atoms. The quantitative estimate of drug-likeness (QED) is 0.833. The molecule has 0 amide bonds. The van der Waals surface area contributed by atoms with Crippen LogP contribution in [0.3, 0.4) is 0 Å². The second-order valence-electron chi connectivity index (χ2n) is 4.22. The van der Waals surface area contributed by atoms with Gasteiger partial charge in [-0.1, -0.05) is 13.8 Å². The second kappa shape index (κ2) is 4.96. The molecule has 1 heterocycles. The summed E-state index contributed by atoms with van der Waals surface area (Å²) in [5.74, 6) is -0.668. The number of nitrogens with zero attached hydrogens (tertiary/aromatic N) is 1. The minimum atomic E-state index is -0.912. The number of carbonyl (C=O) groups is 2. The van der Waals surface area contributed by atoms with Crippen molar-refractivity contribution in [2.24, 2.45) is 0 Å². The number of aromatic carboxylic acids is 1. The van der Waals surface area contributed by atoms with E-state index < -0.39 is 5.97 Å². The van der Waals surface area contributed by atoms with Crippen LogP contribution in [0.25, 0.3) is 0 Å². The number of Topliss-reactive ketones (excluding diaryl/α,β-unsaturated/α-hetero) is 1. The molecule has 0 aliphatic carbocycles. The van der Waals surface area contributed by atoms with Crippen molar-refractivity contribution >= 4 is 11.8 Å². The van der Waals surface area contributed by atoms with Gasteiger partial charge in [-0.15, -0.1) is 0 Å². The monoisotopic (exact) mass is 223 g/mol. The number of rotatable bonds is 5. The summed E-state index contributed by atoms with van der Waals surface area (Å²) >= 11 is 0. The normalized spacial score (nSPS) is 10.8. The zero-order valence-electron chi connectivity index (χ0n) is 9.86. The van der Waals surface area contributed by atoms with Crippen molar-refractivity contribution in [3.63, 3.8) is 0 Å². The van der Waals surface area contributed by atoms with E-state index in [0.717, 1.165) is 5.69 Å². The molecule has 0 spiro atoms. The molecule has 0 saturated carbocycles. The SMILES string of the molecule is CC(=O)CCn1ccc(C(=O)O)c1C(C)C. The van der Waals surface area contributed by atoms with Crippen LogP contribution < -0.4 is 0 Å². The molecule has 1 aromatic heterocycles. The molecule has 0 radical (unpaired) electrons. The Morgan fingerprint density at radius 1 is 1.44 bits per heavy atom. The Balaban J connectivity index is 3.00. The van der Waals surface area contributed by atoms with Crippen LogP contribution >= 0.6 is 0 Å². The van der Waals surface area contributed by atoms with E-state index in [0.29, 0.717) is 18.5 Å². The highest BCUT2D eigenvalue weighted by molar-refractivity contribution is 5.89. The van der Waals surface area contributed by atoms with Crippen LogP contribution in [0.15, 0.2) is 12.3 Å². The third-order valence-electron chi connectivity index (χ3n) is 2.49. The average Bonchev–Trinajstić information content (AvgIpc) is 2.57. The lowest BCUT2D eigenvalue weighted by atomic mass is 10.1. The fourth-order valence-corrected chi connectivity index (χ4v) is 1.78. The molecular formula is C12H17NO3. The van der Waals surface area contributed by atoms with Gasteiger partial charge in [0, 0.05) is 24.9 Å². The smallest absolute Gasteiger partial charge is 0.337 e. The maximum absolute atomic E-state index is 11.0. The van der Waals surface area contributed by atoms with Gasteiger partial charge in [-0.05, 0) is 18.9 Å². The number of ketones is 1. The van der Waals surface area contributed by atoms with Crippen LogP contribution in [0.4, 0.5) is 0 Å². The summed E-state index contributed by atoms with van der Waals surface area (Å²) in [6.45, 7) is 5.99. The summed E-state index contributed by atoms with van der Waals surface area (Å²) in [5, 5.41) is 9.03. The third kappa shape index (κ3) is 2.72. The number of carboxylic acids is 1. The second-order valence-corrected chi connectivity index (χ2v) is 4.22. The first kappa shape index (κ1) is 12.5. The average molecular weight is 223 g/mol. The number of aryl methyl sites for hydroxylation is 1. The molecule has 1 aromatic rings. The predicted octanol–water partition coefficient (Wildman–Crippen LogP) is 2.29. The van der Waals surface area contributed by atoms with Gasteiger partial charge in [-0.2, -0.15) is 0 Å². The van der Waals surface area contributed by atoms with E-state index in [1.54, 1.807) is 12.3 Å². The van der Waals surface area contributed by atoms with Crippen molar-refractivity contribution in [1.29, 1.82) is 0 Å². The van der Waals surface area contributed by atoms with Crippen molar-refractivity contribution in [2.45, 2.75) is 39.7 Å². The zero-order valence-corrected chi connectivity index (χ0v) is 9.86. The highest BCUT2D eigenvalue weighted by atomic mass is 16.4. The fraction of sp³-hybridized carbons (Fsp3) is 0.500. The van der Waals surface area contributed by atoms with E-state index in [1.165, 1.54) is 6.92 Å². The topological polar surface area (TPSA) is 59.3 Å². The Labute approximate surface area is 94.9 Å². The Bertz CT molecular complexity index is 404. The fourth-order valence-electron chi connectivity index (χ4n) is 1.78. The summed E-state index contributed by atoms with van der Waals surface area (Å²) < 4.78 is 1.86. The summed E-state index contributed by atoms with van der Waals surface area (Å²) in [6, 6.07) is 1.60. The molecule has 0 unspecified atom stereocenters. The van der Waals surface area contributed by atoms with Crippen LogP contribution in [0.5, 0.6) is 0 Å². The third-order valence-corrected chi connectivity index (χ3v) is 2.49. The van der Waals surface area contributed by atoms with Crippen molar-refractivity contribution in [2.75, 3.05) is 0 Å². The molecule has 0 aromatic carbocycles. The van der Waals surface area contributed by atoms with Crippen molar-refractivity contribution in [3.8, 4) is 0 Å². The zero-order chi connectivity index (χ0) is 12.3. The predicted molar refractivity (Wildman–Crippen MR) is 60.8 cm³/mol. The van der Waals surface area contributed by atoms with Gasteiger partial charge in [0.25, 0.3) is 0 Å². The molecule has 0 aliphatic heterocycles. The van der Waals surface area contributed by atoms with Gasteiger partial charge in [0.05, 0.1) is 5.56 Å². The standard InChI is InChI=1S/C12H17NO3/c1-8(2)11-10(12(15)16)5-7-13(11)6-4-9(3)14/h5,7-8H,4,6H2,1-3H3,(H,15,16). The van der Waals surface area contributed by atoms with Gasteiger partial charge in [0.15, 0.2) is 0 Å². The Kier molecular flexibility index (Phi) is 3.88. The highest BCUT2D eigenvalue weighted by Crippen LogP contribution is 2.21. The van der Waals surface area contributed by atoms with Crippen LogP contribution in [-0.4, -0.2) is 21.4 Å². The van der Waals surface area contributed by atoms with Gasteiger partial charge < -0.3 is 9.67 Å². The van der Waals surface area contributed by atoms with Crippen LogP contribution in [0, 0.1) is 0 Å². The maximum atomic E-state index is 11.0. The lowest BCUT2D eigenvalue weighted by molar-refractivity contribution is -0.117. The van der Waals surface area contributed by atoms with Gasteiger partial charge in [0.2, 0.25) is 0 Å². The maximum Gasteiger partial charge on any atom is 0.337 e. The van der Waals surface area contributed by atoms with Gasteiger partial charge in [0.1, 0.15) is 5.78 Å². The summed E-state index contributed by atoms with van der Waals surface area (Å²) in [4.78, 5) is 21.9. The van der Waals surface area contributed by atoms with Crippen LogP contribution in [-0.2, 0) is 11.3 Å². The number of carbonyl (C=O) groups excluding carboxylic acids is 1. The van der Waals surface area contributed by atoms with E-state index in [9.17, 15) is 9.59 Å². The summed E-state index contributed by atoms with van der Waals surface area (Å²) in [7, 11) is 0. The first-order chi connectivity index (χ1) is 7.43. The lowest BCUT2D eigenvalue weighted by Crippen LogP contribution is -2.10. The summed E-state index contributed by atoms with van der Waals surface area (Å²) in [5.41, 5.74) is 1.12. The van der Waals surface area contributed by atoms with Gasteiger partial charge >= 0.3 is 5.97 Å². The van der Waals surface area contributed by atoms with Gasteiger partial charge in [-0.25, -0.2) is 4.79 Å². The molecule has 0 fully saturated rings. The summed E-state index contributed by atoms with van der Waals surface area (Å²) in [6.07, 6.45) is 2.18. The van der Waals surface area contributed by atoms with E-state index in [4.69, 9.17) is 5.11 Å². The molecule has 88 valence electrons. The first-order valence-electron chi connectivity index (χ1n) is 5.35. The van der Waals surface area contributed by atoms with Crippen LogP contribution in [0.2, 0.25) is 0 Å². The van der Waals surface area contributed by atoms with E-state index in [1.807, 2.05) is 18.4 Å². The molecule has 1 rings (SSSR count). The Morgan fingerprint density at radius 2 is 2.06 bits per heavy atom. The molecule has 0 saturated heterocycles. The highest BCUT2D eigenvalue weighted by Gasteiger charge is 2.17. The molecule has 0 atom stereocenters. The number of hydrogen-bond acceptors (Lipinski definition) is 2. The number of hydrogen-bond donors (Lipinski definition) is 1. The first-order valence-corrected chi connectivity index (χ1v) is 5.35. The Hall–Kier alpha value is -1.58. The Morgan fingerprint density at radius 3 is 2.50 bits per heavy atom. The van der Waals surface area contributed by atoms with Crippen molar-refractivity contribution in [1.82, 2.24) is 4.57 Å². The largest absolute Gasteiger partial charge is 0.478 e. The lowest BCUT2D eigenvalue weighted by Gasteiger charge is -2.12. The molecule has 4 heteroatoms. The molecule has 0 bridgehead atoms. The van der Waals surface area contributed by atoms with E-state index in [2.05, 4.69) is 0 Å². The molecule has 4 nitrogen and oxygen atoms in total. The minimum Gasteiger partial charge on any atom is -0.478 e.